The SMILES string of the molecule is Cn1cnnc1-c1cccc(NCc2ccccc2N)c1. The molecule has 3 rings (SSSR count). The van der Waals surface area contributed by atoms with Gasteiger partial charge in [0, 0.05) is 30.5 Å². The van der Waals surface area contributed by atoms with Crippen LogP contribution >= 0.6 is 0 Å². The average molecular weight is 279 g/mol. The van der Waals surface area contributed by atoms with Crippen molar-refractivity contribution in [3.8, 4) is 11.4 Å². The minimum atomic E-state index is 0.689. The van der Waals surface area contributed by atoms with Crippen molar-refractivity contribution in [2.24, 2.45) is 7.05 Å². The second-order valence-corrected chi connectivity index (χ2v) is 4.90. The van der Waals surface area contributed by atoms with Gasteiger partial charge in [-0.05, 0) is 23.8 Å². The van der Waals surface area contributed by atoms with E-state index >= 15 is 0 Å². The van der Waals surface area contributed by atoms with Gasteiger partial charge in [0.05, 0.1) is 0 Å². The van der Waals surface area contributed by atoms with Crippen LogP contribution in [-0.4, -0.2) is 14.8 Å². The number of nitrogens with zero attached hydrogens (tertiary/aromatic N) is 3. The molecule has 0 bridgehead atoms. The van der Waals surface area contributed by atoms with Gasteiger partial charge in [-0.2, -0.15) is 0 Å². The van der Waals surface area contributed by atoms with Gasteiger partial charge in [-0.15, -0.1) is 10.2 Å². The maximum absolute atomic E-state index is 5.95. The fourth-order valence-electron chi connectivity index (χ4n) is 2.21. The molecule has 0 aliphatic carbocycles. The van der Waals surface area contributed by atoms with Crippen molar-refractivity contribution in [3.05, 3.63) is 60.4 Å². The van der Waals surface area contributed by atoms with Crippen molar-refractivity contribution in [2.45, 2.75) is 6.54 Å². The molecule has 2 aromatic carbocycles. The van der Waals surface area contributed by atoms with E-state index in [-0.39, 0.29) is 0 Å². The summed E-state index contributed by atoms with van der Waals surface area (Å²) >= 11 is 0. The Hall–Kier alpha value is -2.82. The molecule has 0 fully saturated rings. The van der Waals surface area contributed by atoms with E-state index in [2.05, 4.69) is 21.6 Å². The molecule has 1 aromatic heterocycles. The minimum absolute atomic E-state index is 0.689. The second kappa shape index (κ2) is 5.66. The molecule has 0 unspecified atom stereocenters. The highest BCUT2D eigenvalue weighted by Gasteiger charge is 2.05. The Labute approximate surface area is 123 Å². The Bertz CT molecular complexity index is 748. The number of benzene rings is 2. The highest BCUT2D eigenvalue weighted by atomic mass is 15.2. The quantitative estimate of drug-likeness (QED) is 0.720. The van der Waals surface area contributed by atoms with E-state index in [0.29, 0.717) is 6.54 Å². The summed E-state index contributed by atoms with van der Waals surface area (Å²) in [6.45, 7) is 0.689. The van der Waals surface area contributed by atoms with Crippen LogP contribution in [0, 0.1) is 0 Å². The molecule has 1 heterocycles. The number of nitrogen functional groups attached to an aromatic ring is 1. The predicted octanol–water partition coefficient (Wildman–Crippen LogP) is 2.68. The number of aryl methyl sites for hydroxylation is 1. The summed E-state index contributed by atoms with van der Waals surface area (Å²) in [5.41, 5.74) is 9.89. The lowest BCUT2D eigenvalue weighted by Crippen LogP contribution is -2.03. The standard InChI is InChI=1S/C16H17N5/c1-21-11-19-20-16(21)12-6-4-7-14(9-12)18-10-13-5-2-3-8-15(13)17/h2-9,11,18H,10,17H2,1H3. The number of hydrogen-bond donors (Lipinski definition) is 2. The number of rotatable bonds is 4. The van der Waals surface area contributed by atoms with E-state index in [0.717, 1.165) is 28.3 Å². The Kier molecular flexibility index (Phi) is 3.55. The van der Waals surface area contributed by atoms with E-state index in [1.165, 1.54) is 0 Å². The van der Waals surface area contributed by atoms with E-state index in [9.17, 15) is 0 Å². The normalized spacial score (nSPS) is 10.5. The first-order valence-electron chi connectivity index (χ1n) is 6.76. The Balaban J connectivity index is 1.78. The maximum Gasteiger partial charge on any atom is 0.163 e. The van der Waals surface area contributed by atoms with Crippen LogP contribution in [0.4, 0.5) is 11.4 Å². The van der Waals surface area contributed by atoms with Gasteiger partial charge in [0.15, 0.2) is 5.82 Å². The summed E-state index contributed by atoms with van der Waals surface area (Å²) in [4.78, 5) is 0. The largest absolute Gasteiger partial charge is 0.398 e. The third-order valence-electron chi connectivity index (χ3n) is 3.37. The summed E-state index contributed by atoms with van der Waals surface area (Å²) in [5, 5.41) is 11.4. The molecule has 0 amide bonds. The molecule has 21 heavy (non-hydrogen) atoms. The zero-order valence-electron chi connectivity index (χ0n) is 11.8. The van der Waals surface area contributed by atoms with Gasteiger partial charge in [0.25, 0.3) is 0 Å². The summed E-state index contributed by atoms with van der Waals surface area (Å²) in [6, 6.07) is 16.0. The van der Waals surface area contributed by atoms with E-state index in [4.69, 9.17) is 5.73 Å². The van der Waals surface area contributed by atoms with Crippen LogP contribution in [0.1, 0.15) is 5.56 Å². The lowest BCUT2D eigenvalue weighted by atomic mass is 10.1. The van der Waals surface area contributed by atoms with Crippen molar-refractivity contribution in [2.75, 3.05) is 11.1 Å². The lowest BCUT2D eigenvalue weighted by molar-refractivity contribution is 0.920. The number of para-hydroxylation sites is 1. The van der Waals surface area contributed by atoms with Crippen molar-refractivity contribution in [1.82, 2.24) is 14.8 Å². The van der Waals surface area contributed by atoms with Gasteiger partial charge >= 0.3 is 0 Å². The first-order valence-corrected chi connectivity index (χ1v) is 6.76. The van der Waals surface area contributed by atoms with Crippen molar-refractivity contribution < 1.29 is 0 Å². The molecule has 5 heteroatoms. The summed E-state index contributed by atoms with van der Waals surface area (Å²) in [7, 11) is 1.93. The number of aromatic nitrogens is 3. The highest BCUT2D eigenvalue weighted by Crippen LogP contribution is 2.21. The van der Waals surface area contributed by atoms with Crippen molar-refractivity contribution in [1.29, 1.82) is 0 Å². The van der Waals surface area contributed by atoms with Gasteiger partial charge in [-0.25, -0.2) is 0 Å². The van der Waals surface area contributed by atoms with Crippen molar-refractivity contribution in [3.63, 3.8) is 0 Å². The Morgan fingerprint density at radius 1 is 1.14 bits per heavy atom. The third-order valence-corrected chi connectivity index (χ3v) is 3.37. The molecule has 5 nitrogen and oxygen atoms in total. The van der Waals surface area contributed by atoms with Gasteiger partial charge in [-0.3, -0.25) is 0 Å². The molecule has 0 spiro atoms. The zero-order chi connectivity index (χ0) is 14.7. The minimum Gasteiger partial charge on any atom is -0.398 e. The molecule has 106 valence electrons. The summed E-state index contributed by atoms with van der Waals surface area (Å²) in [5.74, 6) is 0.845. The molecule has 0 atom stereocenters. The summed E-state index contributed by atoms with van der Waals surface area (Å²) < 4.78 is 1.90. The van der Waals surface area contributed by atoms with Crippen LogP contribution < -0.4 is 11.1 Å². The fourth-order valence-corrected chi connectivity index (χ4v) is 2.21. The Morgan fingerprint density at radius 3 is 2.76 bits per heavy atom. The summed E-state index contributed by atoms with van der Waals surface area (Å²) in [6.07, 6.45) is 1.69. The smallest absolute Gasteiger partial charge is 0.163 e. The highest BCUT2D eigenvalue weighted by molar-refractivity contribution is 5.62. The van der Waals surface area contributed by atoms with Crippen LogP contribution in [0.5, 0.6) is 0 Å². The molecule has 0 saturated carbocycles. The predicted molar refractivity (Wildman–Crippen MR) is 84.6 cm³/mol. The van der Waals surface area contributed by atoms with Gasteiger partial charge in [0.2, 0.25) is 0 Å². The zero-order valence-corrected chi connectivity index (χ0v) is 11.8. The molecule has 3 aromatic rings. The van der Waals surface area contributed by atoms with Crippen molar-refractivity contribution >= 4 is 11.4 Å². The molecule has 0 radical (unpaired) electrons. The number of nitrogens with one attached hydrogen (secondary N) is 1. The van der Waals surface area contributed by atoms with Crippen LogP contribution in [0.15, 0.2) is 54.9 Å². The molecule has 3 N–H and O–H groups in total. The van der Waals surface area contributed by atoms with Gasteiger partial charge in [0.1, 0.15) is 6.33 Å². The van der Waals surface area contributed by atoms with Crippen LogP contribution in [0.3, 0.4) is 0 Å². The molecule has 0 aliphatic heterocycles. The fraction of sp³-hybridized carbons (Fsp3) is 0.125. The maximum atomic E-state index is 5.95. The van der Waals surface area contributed by atoms with Crippen LogP contribution in [-0.2, 0) is 13.6 Å². The number of anilines is 2. The van der Waals surface area contributed by atoms with Crippen LogP contribution in [0.25, 0.3) is 11.4 Å². The van der Waals surface area contributed by atoms with Gasteiger partial charge in [-0.1, -0.05) is 30.3 Å². The van der Waals surface area contributed by atoms with Crippen LogP contribution in [0.2, 0.25) is 0 Å². The number of hydrogen-bond acceptors (Lipinski definition) is 4. The topological polar surface area (TPSA) is 68.8 Å². The van der Waals surface area contributed by atoms with E-state index in [1.54, 1.807) is 6.33 Å². The Morgan fingerprint density at radius 2 is 2.00 bits per heavy atom. The van der Waals surface area contributed by atoms with E-state index in [1.807, 2.05) is 54.1 Å². The lowest BCUT2D eigenvalue weighted by Gasteiger charge is -2.10. The molecular formula is C16H17N5. The monoisotopic (exact) mass is 279 g/mol. The molecular weight excluding hydrogens is 262 g/mol. The first kappa shape index (κ1) is 13.2. The first-order chi connectivity index (χ1) is 10.2. The average Bonchev–Trinajstić information content (AvgIpc) is 2.93. The second-order valence-electron chi connectivity index (χ2n) is 4.90. The number of nitrogens with two attached hydrogens (primary N) is 1. The third kappa shape index (κ3) is 2.86. The molecule has 0 aliphatic rings. The van der Waals surface area contributed by atoms with E-state index < -0.39 is 0 Å². The molecule has 0 saturated heterocycles. The van der Waals surface area contributed by atoms with Gasteiger partial charge < -0.3 is 15.6 Å².